The summed E-state index contributed by atoms with van der Waals surface area (Å²) in [6, 6.07) is 17.3. The van der Waals surface area contributed by atoms with Crippen molar-refractivity contribution in [3.8, 4) is 22.8 Å². The quantitative estimate of drug-likeness (QED) is 0.749. The smallest absolute Gasteiger partial charge is 0.224 e. The number of anilines is 1. The molecule has 0 saturated carbocycles. The van der Waals surface area contributed by atoms with Gasteiger partial charge >= 0.3 is 0 Å². The van der Waals surface area contributed by atoms with E-state index in [0.29, 0.717) is 17.3 Å². The van der Waals surface area contributed by atoms with Crippen LogP contribution in [0.4, 0.5) is 5.95 Å². The van der Waals surface area contributed by atoms with Gasteiger partial charge in [-0.1, -0.05) is 55.1 Å². The molecule has 23 heavy (non-hydrogen) atoms. The second kappa shape index (κ2) is 6.19. The molecule has 0 amide bonds. The molecule has 0 aliphatic heterocycles. The van der Waals surface area contributed by atoms with Crippen molar-refractivity contribution >= 4 is 18.4 Å². The lowest BCUT2D eigenvalue weighted by Crippen LogP contribution is -2.02. The van der Waals surface area contributed by atoms with Crippen molar-refractivity contribution in [2.24, 2.45) is 4.99 Å². The minimum Gasteiger partial charge on any atom is -0.368 e. The van der Waals surface area contributed by atoms with Crippen LogP contribution in [-0.2, 0) is 0 Å². The Morgan fingerprint density at radius 1 is 0.870 bits per heavy atom. The van der Waals surface area contributed by atoms with Crippen molar-refractivity contribution in [1.29, 1.82) is 0 Å². The summed E-state index contributed by atoms with van der Waals surface area (Å²) in [4.78, 5) is 16.8. The summed E-state index contributed by atoms with van der Waals surface area (Å²) >= 11 is 0. The molecular weight excluding hydrogens is 286 g/mol. The molecular formula is C18H15N5. The molecule has 1 aromatic heterocycles. The number of aliphatic imine (C=N–C) groups is 1. The van der Waals surface area contributed by atoms with Crippen molar-refractivity contribution < 1.29 is 0 Å². The van der Waals surface area contributed by atoms with E-state index in [1.807, 2.05) is 54.6 Å². The van der Waals surface area contributed by atoms with Crippen molar-refractivity contribution in [2.75, 3.05) is 5.73 Å². The lowest BCUT2D eigenvalue weighted by atomic mass is 10.1. The van der Waals surface area contributed by atoms with E-state index in [1.54, 1.807) is 0 Å². The van der Waals surface area contributed by atoms with E-state index < -0.39 is 0 Å². The van der Waals surface area contributed by atoms with Crippen LogP contribution in [0.5, 0.6) is 0 Å². The van der Waals surface area contributed by atoms with Gasteiger partial charge in [-0.15, -0.1) is 0 Å². The highest BCUT2D eigenvalue weighted by Crippen LogP contribution is 2.23. The number of nitrogens with zero attached hydrogens (tertiary/aromatic N) is 4. The lowest BCUT2D eigenvalue weighted by Gasteiger charge is -2.07. The summed E-state index contributed by atoms with van der Waals surface area (Å²) in [6.45, 7) is 7.35. The number of aromatic nitrogens is 3. The topological polar surface area (TPSA) is 77.0 Å². The molecule has 0 aliphatic rings. The number of nitrogen functional groups attached to an aromatic ring is 1. The normalized spacial score (nSPS) is 10.3. The predicted octanol–water partition coefficient (Wildman–Crippen LogP) is 3.46. The molecule has 5 heteroatoms. The van der Waals surface area contributed by atoms with E-state index in [-0.39, 0.29) is 5.95 Å². The summed E-state index contributed by atoms with van der Waals surface area (Å²) < 4.78 is 0. The molecule has 0 radical (unpaired) electrons. The van der Waals surface area contributed by atoms with Gasteiger partial charge in [-0.25, -0.2) is 4.98 Å². The fourth-order valence-electron chi connectivity index (χ4n) is 2.17. The minimum atomic E-state index is 0.180. The Balaban J connectivity index is 2.09. The first kappa shape index (κ1) is 14.6. The number of benzene rings is 2. The zero-order valence-corrected chi connectivity index (χ0v) is 12.5. The maximum absolute atomic E-state index is 5.85. The molecule has 0 aliphatic carbocycles. The molecule has 1 heterocycles. The largest absolute Gasteiger partial charge is 0.368 e. The van der Waals surface area contributed by atoms with Crippen LogP contribution in [0.1, 0.15) is 5.56 Å². The number of hydrogen-bond acceptors (Lipinski definition) is 5. The molecule has 3 aromatic rings. The summed E-state index contributed by atoms with van der Waals surface area (Å²) in [5.74, 6) is 1.23. The Bertz CT molecular complexity index is 872. The van der Waals surface area contributed by atoms with E-state index >= 15 is 0 Å². The van der Waals surface area contributed by atoms with Gasteiger partial charge in [0, 0.05) is 16.7 Å². The van der Waals surface area contributed by atoms with Gasteiger partial charge in [0.15, 0.2) is 11.6 Å². The first-order chi connectivity index (χ1) is 11.2. The van der Waals surface area contributed by atoms with Crippen LogP contribution >= 0.6 is 0 Å². The molecule has 2 aromatic carbocycles. The predicted molar refractivity (Wildman–Crippen MR) is 93.7 cm³/mol. The SMILES string of the molecule is C=NC(=C)c1cccc(-c2nc(N)nc(-c3ccccc3)n2)c1. The Hall–Kier alpha value is -3.34. The van der Waals surface area contributed by atoms with Crippen LogP contribution in [0.2, 0.25) is 0 Å². The monoisotopic (exact) mass is 301 g/mol. The maximum Gasteiger partial charge on any atom is 0.224 e. The van der Waals surface area contributed by atoms with Gasteiger partial charge in [0.05, 0.1) is 5.70 Å². The van der Waals surface area contributed by atoms with Crippen LogP contribution in [0.25, 0.3) is 28.5 Å². The Morgan fingerprint density at radius 2 is 1.52 bits per heavy atom. The fraction of sp³-hybridized carbons (Fsp3) is 0. The van der Waals surface area contributed by atoms with Gasteiger partial charge in [0.2, 0.25) is 5.95 Å². The third-order valence-corrected chi connectivity index (χ3v) is 3.33. The first-order valence-electron chi connectivity index (χ1n) is 7.01. The summed E-state index contributed by atoms with van der Waals surface area (Å²) in [6.07, 6.45) is 0. The highest BCUT2D eigenvalue weighted by atomic mass is 15.1. The van der Waals surface area contributed by atoms with Crippen molar-refractivity contribution in [1.82, 2.24) is 15.0 Å². The molecule has 0 atom stereocenters. The van der Waals surface area contributed by atoms with E-state index in [1.165, 1.54) is 0 Å². The second-order valence-corrected chi connectivity index (χ2v) is 4.89. The third-order valence-electron chi connectivity index (χ3n) is 3.33. The molecule has 5 nitrogen and oxygen atoms in total. The molecule has 0 saturated heterocycles. The van der Waals surface area contributed by atoms with E-state index in [4.69, 9.17) is 5.73 Å². The Labute approximate surface area is 134 Å². The zero-order valence-electron chi connectivity index (χ0n) is 12.5. The molecule has 0 fully saturated rings. The van der Waals surface area contributed by atoms with Crippen LogP contribution in [0.3, 0.4) is 0 Å². The van der Waals surface area contributed by atoms with E-state index in [9.17, 15) is 0 Å². The van der Waals surface area contributed by atoms with Gasteiger partial charge in [0.25, 0.3) is 0 Å². The lowest BCUT2D eigenvalue weighted by molar-refractivity contribution is 1.08. The molecule has 0 bridgehead atoms. The standard InChI is InChI=1S/C18H15N5/c1-12(20-2)14-9-6-10-15(11-14)17-21-16(22-18(19)23-17)13-7-4-3-5-8-13/h3-11H,1-2H2,(H2,19,21,22,23). The van der Waals surface area contributed by atoms with E-state index in [0.717, 1.165) is 16.7 Å². The van der Waals surface area contributed by atoms with Gasteiger partial charge in [0.1, 0.15) is 0 Å². The van der Waals surface area contributed by atoms with Crippen LogP contribution in [0, 0.1) is 0 Å². The van der Waals surface area contributed by atoms with Crippen LogP contribution < -0.4 is 5.73 Å². The zero-order chi connectivity index (χ0) is 16.2. The average molecular weight is 301 g/mol. The van der Waals surface area contributed by atoms with Crippen LogP contribution in [-0.4, -0.2) is 21.7 Å². The molecule has 2 N–H and O–H groups in total. The van der Waals surface area contributed by atoms with Gasteiger partial charge in [-0.2, -0.15) is 9.97 Å². The molecule has 0 unspecified atom stereocenters. The second-order valence-electron chi connectivity index (χ2n) is 4.89. The van der Waals surface area contributed by atoms with Crippen LogP contribution in [0.15, 0.2) is 66.2 Å². The van der Waals surface area contributed by atoms with Gasteiger partial charge < -0.3 is 5.73 Å². The molecule has 112 valence electrons. The summed E-state index contributed by atoms with van der Waals surface area (Å²) in [5.41, 5.74) is 9.01. The van der Waals surface area contributed by atoms with Gasteiger partial charge in [-0.05, 0) is 12.8 Å². The average Bonchev–Trinajstić information content (AvgIpc) is 2.61. The molecule has 3 rings (SSSR count). The summed E-state index contributed by atoms with van der Waals surface area (Å²) in [5, 5.41) is 0. The Morgan fingerprint density at radius 3 is 2.22 bits per heavy atom. The van der Waals surface area contributed by atoms with E-state index in [2.05, 4.69) is 33.2 Å². The van der Waals surface area contributed by atoms with Crippen molar-refractivity contribution in [3.05, 3.63) is 66.7 Å². The van der Waals surface area contributed by atoms with Crippen molar-refractivity contribution in [3.63, 3.8) is 0 Å². The Kier molecular flexibility index (Phi) is 3.93. The maximum atomic E-state index is 5.85. The number of rotatable bonds is 4. The fourth-order valence-corrected chi connectivity index (χ4v) is 2.17. The first-order valence-corrected chi connectivity index (χ1v) is 7.01. The summed E-state index contributed by atoms with van der Waals surface area (Å²) in [7, 11) is 0. The molecule has 0 spiro atoms. The van der Waals surface area contributed by atoms with Crippen molar-refractivity contribution in [2.45, 2.75) is 0 Å². The highest BCUT2D eigenvalue weighted by molar-refractivity contribution is 5.71. The highest BCUT2D eigenvalue weighted by Gasteiger charge is 2.09. The minimum absolute atomic E-state index is 0.180. The third kappa shape index (κ3) is 3.13. The van der Waals surface area contributed by atoms with Gasteiger partial charge in [-0.3, -0.25) is 4.99 Å². The number of nitrogens with two attached hydrogens (primary N) is 1. The number of hydrogen-bond donors (Lipinski definition) is 1.